The van der Waals surface area contributed by atoms with Gasteiger partial charge in [0.1, 0.15) is 0 Å². The van der Waals surface area contributed by atoms with Gasteiger partial charge in [-0.3, -0.25) is 0 Å². The van der Waals surface area contributed by atoms with Gasteiger partial charge in [-0.15, -0.1) is 0 Å². The Morgan fingerprint density at radius 1 is 1.11 bits per heavy atom. The number of piperidine rings is 1. The molecule has 1 saturated heterocycles. The van der Waals surface area contributed by atoms with Crippen LogP contribution in [-0.2, 0) is 10.0 Å². The predicted molar refractivity (Wildman–Crippen MR) is 78.6 cm³/mol. The molecule has 1 saturated carbocycles. The van der Waals surface area contributed by atoms with E-state index in [9.17, 15) is 8.42 Å². The van der Waals surface area contributed by atoms with Crippen molar-refractivity contribution in [1.82, 2.24) is 9.62 Å². The summed E-state index contributed by atoms with van der Waals surface area (Å²) in [6.45, 7) is 6.59. The predicted octanol–water partition coefficient (Wildman–Crippen LogP) is 1.97. The molecule has 0 amide bonds. The molecule has 5 heteroatoms. The average Bonchev–Trinajstić information content (AvgIpc) is 2.90. The second-order valence-corrected chi connectivity index (χ2v) is 8.56. The maximum absolute atomic E-state index is 12.9. The van der Waals surface area contributed by atoms with Crippen LogP contribution >= 0.6 is 0 Å². The molecule has 112 valence electrons. The summed E-state index contributed by atoms with van der Waals surface area (Å²) < 4.78 is 27.7. The van der Waals surface area contributed by atoms with Crippen molar-refractivity contribution in [2.75, 3.05) is 19.6 Å². The van der Waals surface area contributed by atoms with Crippen LogP contribution in [0, 0.1) is 5.92 Å². The highest BCUT2D eigenvalue weighted by molar-refractivity contribution is 7.89. The quantitative estimate of drug-likeness (QED) is 0.841. The standard InChI is InChI=1S/C14H28N2O2S/c1-12(2)11-16(13-5-3-4-6-13)19(17,18)14-7-9-15-10-8-14/h12-15H,3-11H2,1-2H3. The van der Waals surface area contributed by atoms with E-state index in [4.69, 9.17) is 0 Å². The molecule has 0 bridgehead atoms. The van der Waals surface area contributed by atoms with Crippen LogP contribution in [0.2, 0.25) is 0 Å². The van der Waals surface area contributed by atoms with Crippen LogP contribution in [0.3, 0.4) is 0 Å². The molecule has 0 atom stereocenters. The zero-order valence-corrected chi connectivity index (χ0v) is 13.1. The first kappa shape index (κ1) is 15.3. The van der Waals surface area contributed by atoms with Crippen LogP contribution in [0.1, 0.15) is 52.4 Å². The molecule has 0 unspecified atom stereocenters. The Labute approximate surface area is 118 Å². The fourth-order valence-corrected chi connectivity index (χ4v) is 5.64. The Kier molecular flexibility index (Phi) is 5.26. The first-order chi connectivity index (χ1) is 9.01. The fourth-order valence-electron chi connectivity index (χ4n) is 3.30. The van der Waals surface area contributed by atoms with E-state index in [1.54, 1.807) is 0 Å². The molecule has 0 spiro atoms. The van der Waals surface area contributed by atoms with Gasteiger partial charge in [0.2, 0.25) is 10.0 Å². The van der Waals surface area contributed by atoms with Gasteiger partial charge in [0.15, 0.2) is 0 Å². The molecule has 1 aliphatic heterocycles. The molecule has 2 aliphatic rings. The van der Waals surface area contributed by atoms with Crippen LogP contribution in [0.4, 0.5) is 0 Å². The number of hydrogen-bond acceptors (Lipinski definition) is 3. The minimum atomic E-state index is -3.11. The second-order valence-electron chi connectivity index (χ2n) is 6.40. The summed E-state index contributed by atoms with van der Waals surface area (Å²) in [7, 11) is -3.11. The number of hydrogen-bond donors (Lipinski definition) is 1. The Balaban J connectivity index is 2.14. The first-order valence-corrected chi connectivity index (χ1v) is 9.23. The molecular formula is C14H28N2O2S. The molecule has 1 N–H and O–H groups in total. The molecule has 2 fully saturated rings. The lowest BCUT2D eigenvalue weighted by Crippen LogP contribution is -2.48. The minimum Gasteiger partial charge on any atom is -0.317 e. The molecule has 19 heavy (non-hydrogen) atoms. The Morgan fingerprint density at radius 3 is 2.21 bits per heavy atom. The third-order valence-electron chi connectivity index (χ3n) is 4.31. The van der Waals surface area contributed by atoms with Gasteiger partial charge in [0, 0.05) is 12.6 Å². The average molecular weight is 288 g/mol. The molecule has 4 nitrogen and oxygen atoms in total. The maximum Gasteiger partial charge on any atom is 0.217 e. The van der Waals surface area contributed by atoms with E-state index in [-0.39, 0.29) is 11.3 Å². The van der Waals surface area contributed by atoms with Crippen molar-refractivity contribution in [3.63, 3.8) is 0 Å². The van der Waals surface area contributed by atoms with Gasteiger partial charge >= 0.3 is 0 Å². The monoisotopic (exact) mass is 288 g/mol. The highest BCUT2D eigenvalue weighted by Crippen LogP contribution is 2.29. The Morgan fingerprint density at radius 2 is 1.68 bits per heavy atom. The highest BCUT2D eigenvalue weighted by Gasteiger charge is 2.38. The third-order valence-corrected chi connectivity index (χ3v) is 6.73. The van der Waals surface area contributed by atoms with Gasteiger partial charge in [0.05, 0.1) is 5.25 Å². The number of nitrogens with zero attached hydrogens (tertiary/aromatic N) is 1. The smallest absolute Gasteiger partial charge is 0.217 e. The van der Waals surface area contributed by atoms with Gasteiger partial charge < -0.3 is 5.32 Å². The molecule has 0 aromatic heterocycles. The molecule has 0 radical (unpaired) electrons. The van der Waals surface area contributed by atoms with Gasteiger partial charge in [-0.2, -0.15) is 4.31 Å². The summed E-state index contributed by atoms with van der Waals surface area (Å²) in [4.78, 5) is 0. The number of nitrogens with one attached hydrogen (secondary N) is 1. The Hall–Kier alpha value is -0.130. The fraction of sp³-hybridized carbons (Fsp3) is 1.00. The van der Waals surface area contributed by atoms with Crippen molar-refractivity contribution in [2.24, 2.45) is 5.92 Å². The zero-order valence-electron chi connectivity index (χ0n) is 12.3. The normalized spacial score (nSPS) is 23.6. The summed E-state index contributed by atoms with van der Waals surface area (Å²) in [5.41, 5.74) is 0. The van der Waals surface area contributed by atoms with Crippen LogP contribution < -0.4 is 5.32 Å². The molecule has 0 aromatic carbocycles. The largest absolute Gasteiger partial charge is 0.317 e. The van der Waals surface area contributed by atoms with E-state index < -0.39 is 10.0 Å². The van der Waals surface area contributed by atoms with E-state index in [2.05, 4.69) is 19.2 Å². The molecule has 0 aromatic rings. The Bertz CT molecular complexity index is 369. The lowest BCUT2D eigenvalue weighted by Gasteiger charge is -2.34. The van der Waals surface area contributed by atoms with E-state index in [1.807, 2.05) is 4.31 Å². The topological polar surface area (TPSA) is 49.4 Å². The van der Waals surface area contributed by atoms with Crippen LogP contribution in [0.15, 0.2) is 0 Å². The summed E-state index contributed by atoms with van der Waals surface area (Å²) in [6.07, 6.45) is 6.00. The molecule has 1 aliphatic carbocycles. The van der Waals surface area contributed by atoms with E-state index in [1.165, 1.54) is 12.8 Å². The summed E-state index contributed by atoms with van der Waals surface area (Å²) in [6, 6.07) is 0.266. The summed E-state index contributed by atoms with van der Waals surface area (Å²) in [5, 5.41) is 3.09. The third kappa shape index (κ3) is 3.70. The van der Waals surface area contributed by atoms with Crippen molar-refractivity contribution in [3.05, 3.63) is 0 Å². The van der Waals surface area contributed by atoms with E-state index >= 15 is 0 Å². The summed E-state index contributed by atoms with van der Waals surface area (Å²) >= 11 is 0. The van der Waals surface area contributed by atoms with Crippen molar-refractivity contribution in [2.45, 2.75) is 63.7 Å². The van der Waals surface area contributed by atoms with E-state index in [0.717, 1.165) is 38.8 Å². The zero-order chi connectivity index (χ0) is 13.9. The SMILES string of the molecule is CC(C)CN(C1CCCC1)S(=O)(=O)C1CCNCC1. The molecule has 2 rings (SSSR count). The van der Waals surface area contributed by atoms with Gasteiger partial charge in [-0.1, -0.05) is 26.7 Å². The van der Waals surface area contributed by atoms with Crippen molar-refractivity contribution >= 4 is 10.0 Å². The van der Waals surface area contributed by atoms with E-state index in [0.29, 0.717) is 12.5 Å². The van der Waals surface area contributed by atoms with Crippen LogP contribution in [0.5, 0.6) is 0 Å². The van der Waals surface area contributed by atoms with Crippen molar-refractivity contribution in [1.29, 1.82) is 0 Å². The second kappa shape index (κ2) is 6.55. The van der Waals surface area contributed by atoms with Gasteiger partial charge in [0.25, 0.3) is 0 Å². The van der Waals surface area contributed by atoms with Crippen molar-refractivity contribution in [3.8, 4) is 0 Å². The minimum absolute atomic E-state index is 0.159. The van der Waals surface area contributed by atoms with Gasteiger partial charge in [-0.25, -0.2) is 8.42 Å². The van der Waals surface area contributed by atoms with Crippen molar-refractivity contribution < 1.29 is 8.42 Å². The lowest BCUT2D eigenvalue weighted by atomic mass is 10.2. The maximum atomic E-state index is 12.9. The molecule has 1 heterocycles. The van der Waals surface area contributed by atoms with Crippen LogP contribution in [-0.4, -0.2) is 43.6 Å². The summed E-state index contributed by atoms with van der Waals surface area (Å²) in [5.74, 6) is 0.400. The lowest BCUT2D eigenvalue weighted by molar-refractivity contribution is 0.285. The van der Waals surface area contributed by atoms with Gasteiger partial charge in [-0.05, 0) is 44.7 Å². The molecular weight excluding hydrogens is 260 g/mol. The highest BCUT2D eigenvalue weighted by atomic mass is 32.2. The first-order valence-electron chi connectivity index (χ1n) is 7.73. The number of sulfonamides is 1. The number of rotatable bonds is 5. The van der Waals surface area contributed by atoms with Crippen LogP contribution in [0.25, 0.3) is 0 Å².